The third-order valence-electron chi connectivity index (χ3n) is 2.19. The molecule has 94 valence electrons. The Labute approximate surface area is 105 Å². The SMILES string of the molecule is CC.CC.COc1cccc2ccc[n+](C)c12. The second kappa shape index (κ2) is 8.57. The number of aromatic nitrogens is 1. The Morgan fingerprint density at radius 3 is 2.12 bits per heavy atom. The number of fused-ring (bicyclic) bond motifs is 1. The molecule has 1 heterocycles. The van der Waals surface area contributed by atoms with E-state index in [1.807, 2.05) is 59.1 Å². The molecular formula is C15H24NO+. The Morgan fingerprint density at radius 1 is 0.941 bits per heavy atom. The van der Waals surface area contributed by atoms with Crippen LogP contribution in [0.3, 0.4) is 0 Å². The number of hydrogen-bond acceptors (Lipinski definition) is 1. The molecule has 17 heavy (non-hydrogen) atoms. The quantitative estimate of drug-likeness (QED) is 0.685. The smallest absolute Gasteiger partial charge is 0.254 e. The second-order valence-corrected chi connectivity index (χ2v) is 3.02. The van der Waals surface area contributed by atoms with E-state index in [4.69, 9.17) is 4.74 Å². The van der Waals surface area contributed by atoms with Crippen molar-refractivity contribution in [3.05, 3.63) is 36.5 Å². The molecule has 0 amide bonds. The van der Waals surface area contributed by atoms with Crippen LogP contribution in [0, 0.1) is 0 Å². The van der Waals surface area contributed by atoms with Gasteiger partial charge in [-0.25, -0.2) is 0 Å². The summed E-state index contributed by atoms with van der Waals surface area (Å²) >= 11 is 0. The van der Waals surface area contributed by atoms with Gasteiger partial charge in [-0.2, -0.15) is 4.57 Å². The van der Waals surface area contributed by atoms with Crippen molar-refractivity contribution in [2.45, 2.75) is 27.7 Å². The van der Waals surface area contributed by atoms with Crippen LogP contribution in [0.25, 0.3) is 10.9 Å². The van der Waals surface area contributed by atoms with Crippen LogP contribution >= 0.6 is 0 Å². The molecule has 0 aliphatic carbocycles. The number of rotatable bonds is 1. The molecule has 2 heteroatoms. The molecule has 2 aromatic rings. The van der Waals surface area contributed by atoms with Gasteiger partial charge in [-0.3, -0.25) is 0 Å². The van der Waals surface area contributed by atoms with Gasteiger partial charge in [0.1, 0.15) is 7.05 Å². The highest BCUT2D eigenvalue weighted by atomic mass is 16.5. The van der Waals surface area contributed by atoms with E-state index in [0.717, 1.165) is 11.3 Å². The van der Waals surface area contributed by atoms with Gasteiger partial charge < -0.3 is 4.74 Å². The third-order valence-corrected chi connectivity index (χ3v) is 2.19. The number of benzene rings is 1. The summed E-state index contributed by atoms with van der Waals surface area (Å²) in [6, 6.07) is 10.2. The molecule has 1 aromatic carbocycles. The third kappa shape index (κ3) is 3.74. The molecule has 0 aliphatic rings. The van der Waals surface area contributed by atoms with Gasteiger partial charge in [-0.15, -0.1) is 0 Å². The largest absolute Gasteiger partial charge is 0.490 e. The highest BCUT2D eigenvalue weighted by molar-refractivity contribution is 5.81. The zero-order chi connectivity index (χ0) is 13.3. The molecule has 0 N–H and O–H groups in total. The lowest BCUT2D eigenvalue weighted by Crippen LogP contribution is -2.28. The molecule has 0 unspecified atom stereocenters. The van der Waals surface area contributed by atoms with Gasteiger partial charge in [0.2, 0.25) is 0 Å². The Kier molecular flexibility index (Phi) is 7.78. The van der Waals surface area contributed by atoms with Gasteiger partial charge in [0.05, 0.1) is 12.5 Å². The molecule has 0 fully saturated rings. The Hall–Kier alpha value is -1.57. The number of para-hydroxylation sites is 1. The van der Waals surface area contributed by atoms with Gasteiger partial charge in [-0.05, 0) is 18.2 Å². The molecule has 0 spiro atoms. The van der Waals surface area contributed by atoms with E-state index < -0.39 is 0 Å². The first kappa shape index (κ1) is 15.4. The van der Waals surface area contributed by atoms with E-state index >= 15 is 0 Å². The van der Waals surface area contributed by atoms with E-state index in [9.17, 15) is 0 Å². The zero-order valence-corrected chi connectivity index (χ0v) is 11.8. The molecule has 1 aromatic heterocycles. The van der Waals surface area contributed by atoms with Crippen LogP contribution < -0.4 is 9.30 Å². The van der Waals surface area contributed by atoms with Gasteiger partial charge >= 0.3 is 0 Å². The summed E-state index contributed by atoms with van der Waals surface area (Å²) in [7, 11) is 3.71. The van der Waals surface area contributed by atoms with Crippen LogP contribution in [0.15, 0.2) is 36.5 Å². The van der Waals surface area contributed by atoms with Gasteiger partial charge in [0, 0.05) is 6.07 Å². The van der Waals surface area contributed by atoms with E-state index in [0.29, 0.717) is 0 Å². The van der Waals surface area contributed by atoms with Crippen LogP contribution in [-0.4, -0.2) is 7.11 Å². The first-order valence-corrected chi connectivity index (χ1v) is 6.24. The summed E-state index contributed by atoms with van der Waals surface area (Å²) in [6.07, 6.45) is 2.02. The average Bonchev–Trinajstić information content (AvgIpc) is 2.43. The molecule has 0 saturated heterocycles. The molecule has 0 radical (unpaired) electrons. The summed E-state index contributed by atoms with van der Waals surface area (Å²) < 4.78 is 7.35. The molecule has 0 bridgehead atoms. The minimum absolute atomic E-state index is 0.917. The Bertz CT molecular complexity index is 433. The van der Waals surface area contributed by atoms with Crippen molar-refractivity contribution in [3.63, 3.8) is 0 Å². The van der Waals surface area contributed by atoms with E-state index in [1.165, 1.54) is 5.39 Å². The monoisotopic (exact) mass is 234 g/mol. The highest BCUT2D eigenvalue weighted by Crippen LogP contribution is 2.20. The van der Waals surface area contributed by atoms with Crippen molar-refractivity contribution in [2.24, 2.45) is 7.05 Å². The molecule has 0 saturated carbocycles. The lowest BCUT2D eigenvalue weighted by Gasteiger charge is -2.01. The van der Waals surface area contributed by atoms with Gasteiger partial charge in [-0.1, -0.05) is 33.8 Å². The first-order valence-electron chi connectivity index (χ1n) is 6.24. The molecular weight excluding hydrogens is 210 g/mol. The molecule has 0 atom stereocenters. The predicted molar refractivity (Wildman–Crippen MR) is 74.4 cm³/mol. The van der Waals surface area contributed by atoms with E-state index in [2.05, 4.69) is 16.7 Å². The number of ether oxygens (including phenoxy) is 1. The lowest BCUT2D eigenvalue weighted by molar-refractivity contribution is -0.645. The lowest BCUT2D eigenvalue weighted by atomic mass is 10.2. The van der Waals surface area contributed by atoms with Crippen molar-refractivity contribution in [2.75, 3.05) is 7.11 Å². The fourth-order valence-electron chi connectivity index (χ4n) is 1.57. The Balaban J connectivity index is 0.000000581. The minimum Gasteiger partial charge on any atom is -0.490 e. The van der Waals surface area contributed by atoms with Crippen molar-refractivity contribution in [1.29, 1.82) is 0 Å². The second-order valence-electron chi connectivity index (χ2n) is 3.02. The summed E-state index contributed by atoms with van der Waals surface area (Å²) in [5, 5.41) is 1.20. The van der Waals surface area contributed by atoms with Crippen LogP contribution in [0.2, 0.25) is 0 Å². The molecule has 2 nitrogen and oxygen atoms in total. The van der Waals surface area contributed by atoms with Crippen molar-refractivity contribution >= 4 is 10.9 Å². The normalized spacial score (nSPS) is 8.59. The van der Waals surface area contributed by atoms with Crippen LogP contribution in [-0.2, 0) is 7.05 Å². The predicted octanol–water partition coefficient (Wildman–Crippen LogP) is 3.73. The zero-order valence-electron chi connectivity index (χ0n) is 11.8. The fourth-order valence-corrected chi connectivity index (χ4v) is 1.57. The van der Waals surface area contributed by atoms with E-state index in [1.54, 1.807) is 7.11 Å². The van der Waals surface area contributed by atoms with E-state index in [-0.39, 0.29) is 0 Å². The number of hydrogen-bond donors (Lipinski definition) is 0. The number of pyridine rings is 1. The summed E-state index contributed by atoms with van der Waals surface area (Å²) in [4.78, 5) is 0. The van der Waals surface area contributed by atoms with Gasteiger partial charge in [0.25, 0.3) is 5.52 Å². The summed E-state index contributed by atoms with van der Waals surface area (Å²) in [5.41, 5.74) is 1.13. The number of methoxy groups -OCH3 is 1. The van der Waals surface area contributed by atoms with Crippen molar-refractivity contribution in [3.8, 4) is 5.75 Å². The molecule has 2 rings (SSSR count). The summed E-state index contributed by atoms with van der Waals surface area (Å²) in [6.45, 7) is 8.00. The first-order chi connectivity index (χ1) is 8.33. The maximum atomic E-state index is 5.29. The van der Waals surface area contributed by atoms with Gasteiger partial charge in [0.15, 0.2) is 11.9 Å². The Morgan fingerprint density at radius 2 is 1.53 bits per heavy atom. The minimum atomic E-state index is 0.917. The molecule has 0 aliphatic heterocycles. The van der Waals surface area contributed by atoms with Crippen LogP contribution in [0.1, 0.15) is 27.7 Å². The maximum absolute atomic E-state index is 5.29. The highest BCUT2D eigenvalue weighted by Gasteiger charge is 2.09. The fraction of sp³-hybridized carbons (Fsp3) is 0.400. The standard InChI is InChI=1S/C11H12NO.2C2H6/c1-12-8-4-6-9-5-3-7-10(13-2)11(9)12;2*1-2/h3-8H,1-2H3;2*1-2H3/q+1;;. The van der Waals surface area contributed by atoms with Crippen LogP contribution in [0.5, 0.6) is 5.75 Å². The number of aryl methyl sites for hydroxylation is 1. The maximum Gasteiger partial charge on any atom is 0.254 e. The number of nitrogens with zero attached hydrogens (tertiary/aromatic N) is 1. The average molecular weight is 234 g/mol. The van der Waals surface area contributed by atoms with Crippen molar-refractivity contribution in [1.82, 2.24) is 0 Å². The van der Waals surface area contributed by atoms with Crippen molar-refractivity contribution < 1.29 is 9.30 Å². The topological polar surface area (TPSA) is 13.1 Å². The van der Waals surface area contributed by atoms with Crippen LogP contribution in [0.4, 0.5) is 0 Å². The summed E-state index contributed by atoms with van der Waals surface area (Å²) in [5.74, 6) is 0.917.